The molecule has 0 radical (unpaired) electrons. The van der Waals surface area contributed by atoms with Crippen LogP contribution in [0.4, 0.5) is 5.13 Å². The third-order valence-electron chi connectivity index (χ3n) is 3.03. The second-order valence-corrected chi connectivity index (χ2v) is 8.09. The SMILES string of the molecule is CCCOc1c(I)cc(Br)cc1C=NNc1nc(CC(=O)OCC)cs1. The Morgan fingerprint density at radius 3 is 3.00 bits per heavy atom. The number of halogens is 2. The van der Waals surface area contributed by atoms with Gasteiger partial charge in [-0.2, -0.15) is 5.10 Å². The Balaban J connectivity index is 2.04. The Bertz CT molecular complexity index is 783. The van der Waals surface area contributed by atoms with Crippen LogP contribution in [0, 0.1) is 3.57 Å². The predicted octanol–water partition coefficient (Wildman–Crippen LogP) is 4.85. The predicted molar refractivity (Wildman–Crippen MR) is 116 cm³/mol. The van der Waals surface area contributed by atoms with E-state index in [4.69, 9.17) is 9.47 Å². The summed E-state index contributed by atoms with van der Waals surface area (Å²) in [4.78, 5) is 15.8. The van der Waals surface area contributed by atoms with Crippen molar-refractivity contribution in [1.29, 1.82) is 0 Å². The van der Waals surface area contributed by atoms with E-state index in [1.165, 1.54) is 11.3 Å². The molecule has 0 amide bonds. The molecule has 140 valence electrons. The molecule has 0 fully saturated rings. The third-order valence-corrected chi connectivity index (χ3v) is 5.09. The second kappa shape index (κ2) is 10.8. The molecule has 2 rings (SSSR count). The lowest BCUT2D eigenvalue weighted by atomic mass is 10.2. The molecule has 9 heteroatoms. The summed E-state index contributed by atoms with van der Waals surface area (Å²) in [5.74, 6) is 0.526. The van der Waals surface area contributed by atoms with E-state index in [1.54, 1.807) is 13.1 Å². The normalized spacial score (nSPS) is 10.9. The number of carbonyl (C=O) groups is 1. The first-order valence-electron chi connectivity index (χ1n) is 8.04. The van der Waals surface area contributed by atoms with Crippen molar-refractivity contribution in [2.24, 2.45) is 5.10 Å². The minimum Gasteiger partial charge on any atom is -0.492 e. The van der Waals surface area contributed by atoms with Gasteiger partial charge in [0.15, 0.2) is 0 Å². The van der Waals surface area contributed by atoms with Crippen LogP contribution in [0.5, 0.6) is 5.75 Å². The van der Waals surface area contributed by atoms with E-state index >= 15 is 0 Å². The average molecular weight is 552 g/mol. The summed E-state index contributed by atoms with van der Waals surface area (Å²) >= 11 is 7.12. The number of anilines is 1. The first-order valence-corrected chi connectivity index (χ1v) is 10.8. The molecule has 26 heavy (non-hydrogen) atoms. The Hall–Kier alpha value is -1.20. The minimum absolute atomic E-state index is 0.161. The van der Waals surface area contributed by atoms with Gasteiger partial charge in [-0.15, -0.1) is 11.3 Å². The zero-order valence-electron chi connectivity index (χ0n) is 14.4. The number of thiazole rings is 1. The van der Waals surface area contributed by atoms with Crippen LogP contribution < -0.4 is 10.2 Å². The molecule has 1 N–H and O–H groups in total. The van der Waals surface area contributed by atoms with Gasteiger partial charge in [-0.05, 0) is 48.1 Å². The number of nitrogens with one attached hydrogen (secondary N) is 1. The lowest BCUT2D eigenvalue weighted by Crippen LogP contribution is -2.07. The van der Waals surface area contributed by atoms with Crippen LogP contribution in [0.3, 0.4) is 0 Å². The molecular weight excluding hydrogens is 533 g/mol. The van der Waals surface area contributed by atoms with E-state index < -0.39 is 0 Å². The van der Waals surface area contributed by atoms with Crippen molar-refractivity contribution in [1.82, 2.24) is 4.98 Å². The first kappa shape index (κ1) is 21.1. The maximum Gasteiger partial charge on any atom is 0.311 e. The lowest BCUT2D eigenvalue weighted by Gasteiger charge is -2.11. The Morgan fingerprint density at radius 2 is 2.27 bits per heavy atom. The molecule has 0 saturated heterocycles. The minimum atomic E-state index is -0.283. The van der Waals surface area contributed by atoms with Gasteiger partial charge in [-0.1, -0.05) is 22.9 Å². The van der Waals surface area contributed by atoms with Crippen LogP contribution in [0.25, 0.3) is 0 Å². The van der Waals surface area contributed by atoms with Gasteiger partial charge in [-0.25, -0.2) is 4.98 Å². The van der Waals surface area contributed by atoms with Crippen LogP contribution in [-0.4, -0.2) is 30.4 Å². The van der Waals surface area contributed by atoms with Crippen LogP contribution in [0.2, 0.25) is 0 Å². The van der Waals surface area contributed by atoms with Gasteiger partial charge in [-0.3, -0.25) is 10.2 Å². The van der Waals surface area contributed by atoms with E-state index in [0.717, 1.165) is 25.8 Å². The summed E-state index contributed by atoms with van der Waals surface area (Å²) < 4.78 is 12.7. The van der Waals surface area contributed by atoms with Crippen molar-refractivity contribution in [3.63, 3.8) is 0 Å². The van der Waals surface area contributed by atoms with Crippen molar-refractivity contribution in [3.8, 4) is 5.75 Å². The third kappa shape index (κ3) is 6.51. The number of nitrogens with zero attached hydrogens (tertiary/aromatic N) is 2. The average Bonchev–Trinajstić information content (AvgIpc) is 3.01. The summed E-state index contributed by atoms with van der Waals surface area (Å²) in [6, 6.07) is 3.95. The van der Waals surface area contributed by atoms with Gasteiger partial charge < -0.3 is 9.47 Å². The number of esters is 1. The molecule has 1 aromatic heterocycles. The molecule has 0 unspecified atom stereocenters. The zero-order chi connectivity index (χ0) is 18.9. The monoisotopic (exact) mass is 551 g/mol. The zero-order valence-corrected chi connectivity index (χ0v) is 19.0. The van der Waals surface area contributed by atoms with Crippen LogP contribution in [0.15, 0.2) is 27.1 Å². The molecule has 2 aromatic rings. The number of hydrogen-bond donors (Lipinski definition) is 1. The molecule has 0 aliphatic heterocycles. The van der Waals surface area contributed by atoms with E-state index in [-0.39, 0.29) is 12.4 Å². The summed E-state index contributed by atoms with van der Waals surface area (Å²) in [7, 11) is 0. The largest absolute Gasteiger partial charge is 0.492 e. The molecule has 0 aliphatic carbocycles. The molecule has 1 heterocycles. The number of benzene rings is 1. The van der Waals surface area contributed by atoms with Gasteiger partial charge >= 0.3 is 5.97 Å². The highest BCUT2D eigenvalue weighted by atomic mass is 127. The maximum atomic E-state index is 11.5. The number of ether oxygens (including phenoxy) is 2. The number of rotatable bonds is 9. The second-order valence-electron chi connectivity index (χ2n) is 5.15. The molecule has 0 bridgehead atoms. The van der Waals surface area contributed by atoms with Gasteiger partial charge in [0.05, 0.1) is 35.1 Å². The van der Waals surface area contributed by atoms with Gasteiger partial charge in [0, 0.05) is 15.4 Å². The number of hydrogen-bond acceptors (Lipinski definition) is 7. The summed E-state index contributed by atoms with van der Waals surface area (Å²) in [5.41, 5.74) is 4.42. The van der Waals surface area contributed by atoms with E-state index in [0.29, 0.717) is 24.0 Å². The highest BCUT2D eigenvalue weighted by molar-refractivity contribution is 14.1. The van der Waals surface area contributed by atoms with Crippen LogP contribution in [-0.2, 0) is 16.0 Å². The Morgan fingerprint density at radius 1 is 1.46 bits per heavy atom. The topological polar surface area (TPSA) is 72.8 Å². The lowest BCUT2D eigenvalue weighted by molar-refractivity contribution is -0.142. The quantitative estimate of drug-likeness (QED) is 0.209. The maximum absolute atomic E-state index is 11.5. The first-order chi connectivity index (χ1) is 12.5. The Kier molecular flexibility index (Phi) is 8.79. The molecule has 0 saturated carbocycles. The summed E-state index contributed by atoms with van der Waals surface area (Å²) in [5, 5.41) is 6.67. The van der Waals surface area contributed by atoms with Gasteiger partial charge in [0.1, 0.15) is 5.75 Å². The van der Waals surface area contributed by atoms with Crippen molar-refractivity contribution in [2.75, 3.05) is 18.6 Å². The fourth-order valence-corrected chi connectivity index (χ4v) is 4.35. The van der Waals surface area contributed by atoms with Crippen molar-refractivity contribution in [2.45, 2.75) is 26.7 Å². The summed E-state index contributed by atoms with van der Waals surface area (Å²) in [6.07, 6.45) is 2.79. The Labute approximate surface area is 178 Å². The summed E-state index contributed by atoms with van der Waals surface area (Å²) in [6.45, 7) is 4.86. The molecule has 6 nitrogen and oxygen atoms in total. The van der Waals surface area contributed by atoms with Crippen molar-refractivity contribution in [3.05, 3.63) is 36.8 Å². The number of aromatic nitrogens is 1. The highest BCUT2D eigenvalue weighted by Gasteiger charge is 2.10. The van der Waals surface area contributed by atoms with Crippen molar-refractivity contribution < 1.29 is 14.3 Å². The number of carbonyl (C=O) groups excluding carboxylic acids is 1. The van der Waals surface area contributed by atoms with Gasteiger partial charge in [0.25, 0.3) is 0 Å². The van der Waals surface area contributed by atoms with Gasteiger partial charge in [0.2, 0.25) is 5.13 Å². The molecular formula is C17H19BrIN3O3S. The molecule has 0 spiro atoms. The van der Waals surface area contributed by atoms with E-state index in [2.05, 4.69) is 61.0 Å². The van der Waals surface area contributed by atoms with Crippen LogP contribution in [0.1, 0.15) is 31.5 Å². The smallest absolute Gasteiger partial charge is 0.311 e. The van der Waals surface area contributed by atoms with Crippen LogP contribution >= 0.6 is 49.9 Å². The van der Waals surface area contributed by atoms with E-state index in [1.807, 2.05) is 17.5 Å². The fourth-order valence-electron chi connectivity index (χ4n) is 1.99. The fraction of sp³-hybridized carbons (Fsp3) is 0.353. The molecule has 1 aromatic carbocycles. The highest BCUT2D eigenvalue weighted by Crippen LogP contribution is 2.29. The van der Waals surface area contributed by atoms with Crippen molar-refractivity contribution >= 4 is 67.2 Å². The molecule has 0 aliphatic rings. The standard InChI is InChI=1S/C17H19BrIN3O3S/c1-3-5-25-16-11(6-12(18)7-14(16)19)9-20-22-17-21-13(10-26-17)8-15(23)24-4-2/h6-7,9-10H,3-5,8H2,1-2H3,(H,21,22). The van der Waals surface area contributed by atoms with E-state index in [9.17, 15) is 4.79 Å². The molecule has 0 atom stereocenters. The number of hydrazone groups is 1.